The molecule has 1 amide bonds. The Morgan fingerprint density at radius 1 is 1.48 bits per heavy atom. The van der Waals surface area contributed by atoms with Gasteiger partial charge >= 0.3 is 6.18 Å². The van der Waals surface area contributed by atoms with Gasteiger partial charge in [-0.2, -0.15) is 13.2 Å². The standard InChI is InChI=1S/C13H16F3N3O2/c1-7-4-5-19(6-9(7)20)12-8(11(17)21)2-3-10(18-12)13(14,15)16/h2-3,7,9,20H,4-6H2,1H3,(H2,17,21). The van der Waals surface area contributed by atoms with E-state index >= 15 is 0 Å². The number of aromatic nitrogens is 1. The van der Waals surface area contributed by atoms with Crippen LogP contribution in [0.2, 0.25) is 0 Å². The Kier molecular flexibility index (Phi) is 4.08. The lowest BCUT2D eigenvalue weighted by molar-refractivity contribution is -0.141. The van der Waals surface area contributed by atoms with E-state index in [1.807, 2.05) is 6.92 Å². The van der Waals surface area contributed by atoms with Gasteiger partial charge in [-0.1, -0.05) is 6.92 Å². The number of aliphatic hydroxyl groups is 1. The van der Waals surface area contributed by atoms with Crippen molar-refractivity contribution >= 4 is 11.7 Å². The van der Waals surface area contributed by atoms with Crippen molar-refractivity contribution in [3.8, 4) is 0 Å². The molecule has 1 aromatic rings. The van der Waals surface area contributed by atoms with Crippen LogP contribution in [-0.2, 0) is 6.18 Å². The number of pyridine rings is 1. The molecule has 1 aliphatic heterocycles. The predicted octanol–water partition coefficient (Wildman–Crippen LogP) is 1.41. The van der Waals surface area contributed by atoms with Gasteiger partial charge in [0.15, 0.2) is 0 Å². The van der Waals surface area contributed by atoms with Crippen LogP contribution in [0.5, 0.6) is 0 Å². The first-order valence-corrected chi connectivity index (χ1v) is 6.51. The van der Waals surface area contributed by atoms with Crippen LogP contribution in [-0.4, -0.2) is 35.2 Å². The van der Waals surface area contributed by atoms with Gasteiger partial charge < -0.3 is 15.7 Å². The second-order valence-corrected chi connectivity index (χ2v) is 5.21. The first-order chi connectivity index (χ1) is 9.70. The second-order valence-electron chi connectivity index (χ2n) is 5.21. The van der Waals surface area contributed by atoms with E-state index in [0.717, 1.165) is 12.1 Å². The summed E-state index contributed by atoms with van der Waals surface area (Å²) in [4.78, 5) is 16.4. The van der Waals surface area contributed by atoms with Crippen LogP contribution < -0.4 is 10.6 Å². The predicted molar refractivity (Wildman–Crippen MR) is 69.8 cm³/mol. The Hall–Kier alpha value is -1.83. The summed E-state index contributed by atoms with van der Waals surface area (Å²) in [5.74, 6) is -0.924. The van der Waals surface area contributed by atoms with Gasteiger partial charge in [-0.25, -0.2) is 4.98 Å². The quantitative estimate of drug-likeness (QED) is 0.865. The zero-order valence-electron chi connectivity index (χ0n) is 11.4. The minimum atomic E-state index is -4.60. The SMILES string of the molecule is CC1CCN(c2nc(C(F)(F)F)ccc2C(N)=O)CC1O. The fourth-order valence-electron chi connectivity index (χ4n) is 2.28. The van der Waals surface area contributed by atoms with E-state index in [9.17, 15) is 23.1 Å². The largest absolute Gasteiger partial charge is 0.433 e. The highest BCUT2D eigenvalue weighted by Gasteiger charge is 2.35. The molecule has 0 aliphatic carbocycles. The van der Waals surface area contributed by atoms with Crippen molar-refractivity contribution in [3.63, 3.8) is 0 Å². The van der Waals surface area contributed by atoms with E-state index in [0.29, 0.717) is 13.0 Å². The number of primary amides is 1. The summed E-state index contributed by atoms with van der Waals surface area (Å²) in [7, 11) is 0. The Labute approximate surface area is 119 Å². The van der Waals surface area contributed by atoms with Crippen LogP contribution in [0.3, 0.4) is 0 Å². The number of aliphatic hydroxyl groups excluding tert-OH is 1. The average Bonchev–Trinajstić information content (AvgIpc) is 2.40. The number of halogens is 3. The first-order valence-electron chi connectivity index (χ1n) is 6.51. The number of alkyl halides is 3. The van der Waals surface area contributed by atoms with Gasteiger partial charge in [0.2, 0.25) is 0 Å². The van der Waals surface area contributed by atoms with Gasteiger partial charge in [0.25, 0.3) is 5.91 Å². The third-order valence-corrected chi connectivity index (χ3v) is 3.65. The van der Waals surface area contributed by atoms with Crippen LogP contribution in [0.15, 0.2) is 12.1 Å². The van der Waals surface area contributed by atoms with E-state index < -0.39 is 23.9 Å². The van der Waals surface area contributed by atoms with Crippen LogP contribution in [0.4, 0.5) is 19.0 Å². The minimum Gasteiger partial charge on any atom is -0.391 e. The molecule has 1 fully saturated rings. The number of hydrogen-bond donors (Lipinski definition) is 2. The summed E-state index contributed by atoms with van der Waals surface area (Å²) in [5, 5.41) is 9.86. The van der Waals surface area contributed by atoms with Gasteiger partial charge in [-0.05, 0) is 24.5 Å². The van der Waals surface area contributed by atoms with Crippen LogP contribution in [0, 0.1) is 5.92 Å². The highest BCUT2D eigenvalue weighted by molar-refractivity contribution is 5.97. The number of rotatable bonds is 2. The molecule has 2 rings (SSSR count). The summed E-state index contributed by atoms with van der Waals surface area (Å²) < 4.78 is 38.3. The van der Waals surface area contributed by atoms with Gasteiger partial charge in [0.05, 0.1) is 11.7 Å². The van der Waals surface area contributed by atoms with Crippen LogP contribution in [0.1, 0.15) is 29.4 Å². The summed E-state index contributed by atoms with van der Waals surface area (Å²) in [6.07, 6.45) is -4.69. The fraction of sp³-hybridized carbons (Fsp3) is 0.538. The Balaban J connectivity index is 2.42. The molecule has 1 saturated heterocycles. The second kappa shape index (κ2) is 5.51. The van der Waals surface area contributed by atoms with E-state index in [4.69, 9.17) is 5.73 Å². The van der Waals surface area contributed by atoms with E-state index in [2.05, 4.69) is 4.98 Å². The molecule has 0 saturated carbocycles. The summed E-state index contributed by atoms with van der Waals surface area (Å²) >= 11 is 0. The minimum absolute atomic E-state index is 0.0454. The van der Waals surface area contributed by atoms with Crippen LogP contribution >= 0.6 is 0 Å². The molecular weight excluding hydrogens is 287 g/mol. The lowest BCUT2D eigenvalue weighted by Crippen LogP contribution is -2.44. The lowest BCUT2D eigenvalue weighted by Gasteiger charge is -2.35. The molecule has 0 aromatic carbocycles. The molecule has 116 valence electrons. The zero-order chi connectivity index (χ0) is 15.8. The maximum Gasteiger partial charge on any atom is 0.433 e. The topological polar surface area (TPSA) is 79.5 Å². The molecule has 0 spiro atoms. The monoisotopic (exact) mass is 303 g/mol. The number of amides is 1. The number of anilines is 1. The molecule has 1 aromatic heterocycles. The fourth-order valence-corrected chi connectivity index (χ4v) is 2.28. The molecule has 2 heterocycles. The molecule has 21 heavy (non-hydrogen) atoms. The number of piperidine rings is 1. The third-order valence-electron chi connectivity index (χ3n) is 3.65. The number of carbonyl (C=O) groups is 1. The Bertz CT molecular complexity index is 548. The van der Waals surface area contributed by atoms with Crippen molar-refractivity contribution in [1.29, 1.82) is 0 Å². The third kappa shape index (κ3) is 3.26. The summed E-state index contributed by atoms with van der Waals surface area (Å²) in [6.45, 7) is 2.39. The maximum atomic E-state index is 12.8. The van der Waals surface area contributed by atoms with Crippen molar-refractivity contribution in [1.82, 2.24) is 4.98 Å². The van der Waals surface area contributed by atoms with Crippen molar-refractivity contribution in [3.05, 3.63) is 23.4 Å². The molecule has 0 bridgehead atoms. The number of hydrogen-bond acceptors (Lipinski definition) is 4. The summed E-state index contributed by atoms with van der Waals surface area (Å²) in [6, 6.07) is 1.75. The summed E-state index contributed by atoms with van der Waals surface area (Å²) in [5.41, 5.74) is 4.03. The highest BCUT2D eigenvalue weighted by Crippen LogP contribution is 2.32. The van der Waals surface area contributed by atoms with E-state index in [1.54, 1.807) is 0 Å². The smallest absolute Gasteiger partial charge is 0.391 e. The highest BCUT2D eigenvalue weighted by atomic mass is 19.4. The van der Waals surface area contributed by atoms with Crippen molar-refractivity contribution in [2.45, 2.75) is 25.6 Å². The molecular formula is C13H16F3N3O2. The molecule has 2 atom stereocenters. The molecule has 2 unspecified atom stereocenters. The molecule has 0 radical (unpaired) electrons. The average molecular weight is 303 g/mol. The molecule has 3 N–H and O–H groups in total. The Morgan fingerprint density at radius 2 is 2.14 bits per heavy atom. The van der Waals surface area contributed by atoms with E-state index in [1.165, 1.54) is 4.90 Å². The first kappa shape index (κ1) is 15.6. The number of nitrogens with two attached hydrogens (primary N) is 1. The zero-order valence-corrected chi connectivity index (χ0v) is 11.4. The van der Waals surface area contributed by atoms with Gasteiger partial charge in [0, 0.05) is 13.1 Å². The normalized spacial score (nSPS) is 23.2. The van der Waals surface area contributed by atoms with Crippen molar-refractivity contribution in [2.75, 3.05) is 18.0 Å². The lowest BCUT2D eigenvalue weighted by atomic mass is 9.96. The molecule has 8 heteroatoms. The van der Waals surface area contributed by atoms with Gasteiger partial charge in [-0.15, -0.1) is 0 Å². The number of carbonyl (C=O) groups excluding carboxylic acids is 1. The molecule has 5 nitrogen and oxygen atoms in total. The Morgan fingerprint density at radius 3 is 2.67 bits per heavy atom. The van der Waals surface area contributed by atoms with E-state index in [-0.39, 0.29) is 23.8 Å². The molecule has 1 aliphatic rings. The maximum absolute atomic E-state index is 12.8. The van der Waals surface area contributed by atoms with Gasteiger partial charge in [0.1, 0.15) is 11.5 Å². The van der Waals surface area contributed by atoms with Crippen LogP contribution in [0.25, 0.3) is 0 Å². The number of β-amino-alcohol motifs (C(OH)–C–C–N with tert-alkyl or cyclic N) is 1. The number of nitrogens with zero attached hydrogens (tertiary/aromatic N) is 2. The van der Waals surface area contributed by atoms with Crippen molar-refractivity contribution < 1.29 is 23.1 Å². The van der Waals surface area contributed by atoms with Crippen molar-refractivity contribution in [2.24, 2.45) is 11.7 Å². The van der Waals surface area contributed by atoms with Gasteiger partial charge in [-0.3, -0.25) is 4.79 Å².